The third-order valence-corrected chi connectivity index (χ3v) is 4.60. The minimum atomic E-state index is 0.580. The van der Waals surface area contributed by atoms with Crippen molar-refractivity contribution in [2.75, 3.05) is 20.7 Å². The van der Waals surface area contributed by atoms with Crippen LogP contribution in [0.5, 0.6) is 5.75 Å². The van der Waals surface area contributed by atoms with Gasteiger partial charge in [0.05, 0.1) is 7.11 Å². The second-order valence-electron chi connectivity index (χ2n) is 5.33. The van der Waals surface area contributed by atoms with Gasteiger partial charge in [0.25, 0.3) is 0 Å². The quantitative estimate of drug-likeness (QED) is 0.833. The van der Waals surface area contributed by atoms with E-state index in [1.165, 1.54) is 18.4 Å². The molecule has 19 heavy (non-hydrogen) atoms. The van der Waals surface area contributed by atoms with Crippen LogP contribution in [0.15, 0.2) is 22.7 Å². The Hall–Kier alpha value is -0.580. The molecular formula is C15H23BrN2O. The van der Waals surface area contributed by atoms with Crippen molar-refractivity contribution in [1.82, 2.24) is 10.2 Å². The molecule has 1 aromatic rings. The lowest BCUT2D eigenvalue weighted by Crippen LogP contribution is -2.38. The van der Waals surface area contributed by atoms with Crippen molar-refractivity contribution >= 4 is 15.9 Å². The summed E-state index contributed by atoms with van der Waals surface area (Å²) >= 11 is 3.58. The number of benzene rings is 1. The molecule has 0 spiro atoms. The molecule has 1 unspecified atom stereocenters. The van der Waals surface area contributed by atoms with Gasteiger partial charge in [-0.1, -0.05) is 15.9 Å². The fraction of sp³-hybridized carbons (Fsp3) is 0.600. The zero-order valence-electron chi connectivity index (χ0n) is 11.9. The largest absolute Gasteiger partial charge is 0.497 e. The lowest BCUT2D eigenvalue weighted by molar-refractivity contribution is 0.241. The third kappa shape index (κ3) is 4.20. The van der Waals surface area contributed by atoms with Crippen molar-refractivity contribution in [2.45, 2.75) is 38.4 Å². The van der Waals surface area contributed by atoms with Crippen molar-refractivity contribution in [3.63, 3.8) is 0 Å². The molecule has 0 aromatic heterocycles. The van der Waals surface area contributed by atoms with Gasteiger partial charge in [-0.25, -0.2) is 0 Å². The Morgan fingerprint density at radius 2 is 2.21 bits per heavy atom. The minimum absolute atomic E-state index is 0.580. The maximum Gasteiger partial charge on any atom is 0.119 e. The molecule has 0 heterocycles. The third-order valence-electron chi connectivity index (χ3n) is 3.83. The highest BCUT2D eigenvalue weighted by molar-refractivity contribution is 9.10. The van der Waals surface area contributed by atoms with E-state index in [0.717, 1.165) is 29.4 Å². The highest BCUT2D eigenvalue weighted by atomic mass is 79.9. The molecule has 0 amide bonds. The molecule has 1 atom stereocenters. The predicted octanol–water partition coefficient (Wildman–Crippen LogP) is 3.03. The molecule has 1 saturated carbocycles. The van der Waals surface area contributed by atoms with Crippen LogP contribution in [-0.4, -0.2) is 37.7 Å². The van der Waals surface area contributed by atoms with E-state index in [2.05, 4.69) is 46.2 Å². The monoisotopic (exact) mass is 326 g/mol. The van der Waals surface area contributed by atoms with Gasteiger partial charge < -0.3 is 10.1 Å². The molecule has 1 aliphatic carbocycles. The van der Waals surface area contributed by atoms with Crippen molar-refractivity contribution in [2.24, 2.45) is 0 Å². The summed E-state index contributed by atoms with van der Waals surface area (Å²) in [7, 11) is 3.93. The fourth-order valence-corrected chi connectivity index (χ4v) is 2.60. The van der Waals surface area contributed by atoms with Crippen LogP contribution < -0.4 is 10.1 Å². The Kier molecular flexibility index (Phi) is 5.25. The molecule has 106 valence electrons. The van der Waals surface area contributed by atoms with Gasteiger partial charge in [-0.3, -0.25) is 4.90 Å². The smallest absolute Gasteiger partial charge is 0.119 e. The number of hydrogen-bond acceptors (Lipinski definition) is 3. The Labute approximate surface area is 124 Å². The van der Waals surface area contributed by atoms with E-state index in [1.54, 1.807) is 7.11 Å². The topological polar surface area (TPSA) is 24.5 Å². The maximum atomic E-state index is 5.26. The summed E-state index contributed by atoms with van der Waals surface area (Å²) in [5, 5.41) is 3.53. The second kappa shape index (κ2) is 6.73. The van der Waals surface area contributed by atoms with Crippen LogP contribution in [-0.2, 0) is 6.54 Å². The summed E-state index contributed by atoms with van der Waals surface area (Å²) in [4.78, 5) is 2.48. The van der Waals surface area contributed by atoms with E-state index in [-0.39, 0.29) is 0 Å². The number of nitrogens with zero attached hydrogens (tertiary/aromatic N) is 1. The van der Waals surface area contributed by atoms with Crippen molar-refractivity contribution in [1.29, 1.82) is 0 Å². The Bertz CT molecular complexity index is 421. The zero-order valence-corrected chi connectivity index (χ0v) is 13.5. The normalized spacial score (nSPS) is 16.7. The van der Waals surface area contributed by atoms with Crippen LogP contribution in [0.25, 0.3) is 0 Å². The number of hydrogen-bond donors (Lipinski definition) is 1. The SMILES string of the molecule is COc1ccc(Br)c(CNCC(C)N(C)C2CC2)c1. The average Bonchev–Trinajstić information content (AvgIpc) is 3.24. The molecule has 2 rings (SSSR count). The van der Waals surface area contributed by atoms with Gasteiger partial charge in [0.15, 0.2) is 0 Å². The first-order valence-corrected chi connectivity index (χ1v) is 7.66. The molecule has 1 aromatic carbocycles. The van der Waals surface area contributed by atoms with Gasteiger partial charge in [-0.05, 0) is 50.6 Å². The summed E-state index contributed by atoms with van der Waals surface area (Å²) in [5.41, 5.74) is 1.24. The second-order valence-corrected chi connectivity index (χ2v) is 6.19. The van der Waals surface area contributed by atoms with E-state index in [0.29, 0.717) is 6.04 Å². The highest BCUT2D eigenvalue weighted by Gasteiger charge is 2.28. The summed E-state index contributed by atoms with van der Waals surface area (Å²) in [5.74, 6) is 0.906. The summed E-state index contributed by atoms with van der Waals surface area (Å²) < 4.78 is 6.39. The maximum absolute atomic E-state index is 5.26. The molecule has 3 nitrogen and oxygen atoms in total. The fourth-order valence-electron chi connectivity index (χ4n) is 2.21. The van der Waals surface area contributed by atoms with E-state index in [1.807, 2.05) is 12.1 Å². The van der Waals surface area contributed by atoms with Crippen LogP contribution in [0, 0.1) is 0 Å². The van der Waals surface area contributed by atoms with E-state index in [9.17, 15) is 0 Å². The molecule has 0 bridgehead atoms. The van der Waals surface area contributed by atoms with Crippen LogP contribution in [0.2, 0.25) is 0 Å². The average molecular weight is 327 g/mol. The van der Waals surface area contributed by atoms with Crippen LogP contribution in [0.4, 0.5) is 0 Å². The van der Waals surface area contributed by atoms with Crippen LogP contribution >= 0.6 is 15.9 Å². The summed E-state index contributed by atoms with van der Waals surface area (Å²) in [6.07, 6.45) is 2.73. The van der Waals surface area contributed by atoms with Crippen molar-refractivity contribution < 1.29 is 4.74 Å². The molecule has 0 saturated heterocycles. The first-order chi connectivity index (χ1) is 9.11. The van der Waals surface area contributed by atoms with Gasteiger partial charge in [0.1, 0.15) is 5.75 Å². The Morgan fingerprint density at radius 1 is 1.47 bits per heavy atom. The van der Waals surface area contributed by atoms with E-state index < -0.39 is 0 Å². The predicted molar refractivity (Wildman–Crippen MR) is 82.6 cm³/mol. The number of methoxy groups -OCH3 is 1. The van der Waals surface area contributed by atoms with Gasteiger partial charge in [-0.2, -0.15) is 0 Å². The number of halogens is 1. The van der Waals surface area contributed by atoms with Gasteiger partial charge >= 0.3 is 0 Å². The molecular weight excluding hydrogens is 304 g/mol. The number of likely N-dealkylation sites (N-methyl/N-ethyl adjacent to an activating group) is 1. The summed E-state index contributed by atoms with van der Waals surface area (Å²) in [6.45, 7) is 4.16. The summed E-state index contributed by atoms with van der Waals surface area (Å²) in [6, 6.07) is 7.48. The Balaban J connectivity index is 1.81. The van der Waals surface area contributed by atoms with E-state index >= 15 is 0 Å². The van der Waals surface area contributed by atoms with Gasteiger partial charge in [-0.15, -0.1) is 0 Å². The van der Waals surface area contributed by atoms with Gasteiger partial charge in [0, 0.05) is 29.6 Å². The van der Waals surface area contributed by atoms with Gasteiger partial charge in [0.2, 0.25) is 0 Å². The van der Waals surface area contributed by atoms with Crippen molar-refractivity contribution in [3.05, 3.63) is 28.2 Å². The van der Waals surface area contributed by atoms with Crippen LogP contribution in [0.1, 0.15) is 25.3 Å². The Morgan fingerprint density at radius 3 is 2.84 bits per heavy atom. The first kappa shape index (κ1) is 14.8. The lowest BCUT2D eigenvalue weighted by atomic mass is 10.2. The van der Waals surface area contributed by atoms with Crippen molar-refractivity contribution in [3.8, 4) is 5.75 Å². The molecule has 4 heteroatoms. The molecule has 0 radical (unpaired) electrons. The molecule has 1 fully saturated rings. The first-order valence-electron chi connectivity index (χ1n) is 6.87. The standard InChI is InChI=1S/C15H23BrN2O/c1-11(18(2)13-4-5-13)9-17-10-12-8-14(19-3)6-7-15(12)16/h6-8,11,13,17H,4-5,9-10H2,1-3H3. The lowest BCUT2D eigenvalue weighted by Gasteiger charge is -2.24. The number of rotatable bonds is 7. The highest BCUT2D eigenvalue weighted by Crippen LogP contribution is 2.27. The zero-order chi connectivity index (χ0) is 13.8. The van der Waals surface area contributed by atoms with E-state index in [4.69, 9.17) is 4.74 Å². The number of ether oxygens (including phenoxy) is 1. The number of nitrogens with one attached hydrogen (secondary N) is 1. The van der Waals surface area contributed by atoms with Crippen LogP contribution in [0.3, 0.4) is 0 Å². The molecule has 1 aliphatic rings. The molecule has 0 aliphatic heterocycles. The molecule has 1 N–H and O–H groups in total. The minimum Gasteiger partial charge on any atom is -0.497 e.